The number of benzene rings is 3. The Morgan fingerprint density at radius 3 is 2.39 bits per heavy atom. The molecule has 4 heteroatoms. The van der Waals surface area contributed by atoms with Crippen LogP contribution < -0.4 is 0 Å². The van der Waals surface area contributed by atoms with Crippen LogP contribution in [0.2, 0.25) is 18.1 Å². The molecule has 0 N–H and O–H groups in total. The smallest absolute Gasteiger partial charge is 0.151 e. The second-order valence-electron chi connectivity index (χ2n) is 9.05. The molecule has 0 aliphatic carbocycles. The average Bonchev–Trinajstić information content (AvgIpc) is 2.85. The zero-order valence-electron chi connectivity index (χ0n) is 19.2. The van der Waals surface area contributed by atoms with Crippen LogP contribution >= 0.6 is 0 Å². The van der Waals surface area contributed by atoms with Crippen LogP contribution in [0.4, 0.5) is 8.78 Å². The van der Waals surface area contributed by atoms with Crippen molar-refractivity contribution in [3.05, 3.63) is 83.4 Å². The highest BCUT2D eigenvalue weighted by Crippen LogP contribution is 2.39. The maximum Gasteiger partial charge on any atom is 0.151 e. The largest absolute Gasteiger partial charge is 0.205 e. The van der Waals surface area contributed by atoms with Crippen molar-refractivity contribution in [3.63, 3.8) is 0 Å². The van der Waals surface area contributed by atoms with Crippen LogP contribution in [0, 0.1) is 23.0 Å². The summed E-state index contributed by atoms with van der Waals surface area (Å²) in [5.74, 6) is -1.04. The molecule has 0 bridgehead atoms. The van der Waals surface area contributed by atoms with E-state index in [-0.39, 0.29) is 14.4 Å². The topological polar surface area (TPSA) is 23.8 Å². The molecule has 0 spiro atoms. The monoisotopic (exact) mass is 458 g/mol. The van der Waals surface area contributed by atoms with Gasteiger partial charge in [-0.2, -0.15) is 5.26 Å². The minimum atomic E-state index is -0.828. The molecule has 3 aromatic carbocycles. The predicted octanol–water partition coefficient (Wildman–Crippen LogP) is 8.73. The van der Waals surface area contributed by atoms with Gasteiger partial charge in [0.1, 0.15) is 17.4 Å². The molecule has 1 nitrogen and oxygen atoms in total. The van der Waals surface area contributed by atoms with Crippen molar-refractivity contribution in [1.29, 1.82) is 5.26 Å². The molecule has 1 heterocycles. The molecule has 1 aliphatic rings. The van der Waals surface area contributed by atoms with Crippen molar-refractivity contribution in [2.24, 2.45) is 0 Å². The van der Waals surface area contributed by atoms with Gasteiger partial charge in [0.15, 0.2) is 5.82 Å². The van der Waals surface area contributed by atoms with E-state index in [2.05, 4.69) is 31.2 Å². The first-order valence-corrected chi connectivity index (χ1v) is 14.2. The van der Waals surface area contributed by atoms with Gasteiger partial charge in [-0.3, -0.25) is 0 Å². The van der Waals surface area contributed by atoms with Gasteiger partial charge in [0.2, 0.25) is 0 Å². The summed E-state index contributed by atoms with van der Waals surface area (Å²) in [6.07, 6.45) is 6.59. The number of rotatable bonds is 7. The fraction of sp³-hybridized carbons (Fsp3) is 0.345. The normalized spacial score (nSPS) is 14.8. The summed E-state index contributed by atoms with van der Waals surface area (Å²) in [6, 6.07) is 24.7. The lowest BCUT2D eigenvalue weighted by atomic mass is 9.88. The van der Waals surface area contributed by atoms with Crippen LogP contribution in [0.5, 0.6) is 0 Å². The SMILES string of the molecule is CCCCC[Si]1CCC(c2cccc(-c3ccccc3-c3ccc(F)c(C#N)c3F)c2)CC1. The van der Waals surface area contributed by atoms with Crippen LogP contribution in [-0.4, -0.2) is 8.80 Å². The zero-order valence-corrected chi connectivity index (χ0v) is 20.2. The van der Waals surface area contributed by atoms with Crippen molar-refractivity contribution >= 4 is 8.80 Å². The van der Waals surface area contributed by atoms with E-state index in [0.29, 0.717) is 11.5 Å². The molecule has 1 radical (unpaired) electrons. The van der Waals surface area contributed by atoms with E-state index < -0.39 is 17.2 Å². The van der Waals surface area contributed by atoms with Crippen LogP contribution in [0.25, 0.3) is 22.3 Å². The van der Waals surface area contributed by atoms with E-state index in [1.54, 1.807) is 6.07 Å². The van der Waals surface area contributed by atoms with E-state index in [1.165, 1.54) is 67.9 Å². The standard InChI is InChI=1S/C29H30F2NSi/c1-2-3-6-16-33-17-14-21(15-18-33)22-8-7-9-23(19-22)24-10-4-5-11-25(24)26-12-13-28(30)27(20-32)29(26)31/h4-5,7-13,19,21H,2-3,6,14-18H2,1H3. The molecule has 3 aromatic rings. The molecule has 33 heavy (non-hydrogen) atoms. The van der Waals surface area contributed by atoms with E-state index >= 15 is 0 Å². The Morgan fingerprint density at radius 1 is 0.909 bits per heavy atom. The van der Waals surface area contributed by atoms with Crippen molar-refractivity contribution in [2.75, 3.05) is 0 Å². The highest BCUT2D eigenvalue weighted by atomic mass is 28.3. The number of hydrogen-bond acceptors (Lipinski definition) is 1. The summed E-state index contributed by atoms with van der Waals surface area (Å²) >= 11 is 0. The first kappa shape index (κ1) is 23.4. The molecule has 169 valence electrons. The second kappa shape index (κ2) is 10.9. The van der Waals surface area contributed by atoms with Gasteiger partial charge in [0.05, 0.1) is 0 Å². The maximum absolute atomic E-state index is 15.0. The summed E-state index contributed by atoms with van der Waals surface area (Å²) in [7, 11) is -0.177. The fourth-order valence-corrected chi connectivity index (χ4v) is 8.04. The zero-order chi connectivity index (χ0) is 23.2. The van der Waals surface area contributed by atoms with Crippen LogP contribution in [0.3, 0.4) is 0 Å². The number of nitrogens with zero attached hydrogens (tertiary/aromatic N) is 1. The summed E-state index contributed by atoms with van der Waals surface area (Å²) < 4.78 is 28.9. The third-order valence-electron chi connectivity index (χ3n) is 6.92. The lowest BCUT2D eigenvalue weighted by Crippen LogP contribution is -2.20. The first-order valence-electron chi connectivity index (χ1n) is 12.0. The van der Waals surface area contributed by atoms with Crippen molar-refractivity contribution in [3.8, 4) is 28.3 Å². The van der Waals surface area contributed by atoms with E-state index in [4.69, 9.17) is 0 Å². The highest BCUT2D eigenvalue weighted by molar-refractivity contribution is 6.59. The molecule has 4 rings (SSSR count). The van der Waals surface area contributed by atoms with Gasteiger partial charge in [-0.25, -0.2) is 8.78 Å². The van der Waals surface area contributed by atoms with Gasteiger partial charge < -0.3 is 0 Å². The Morgan fingerprint density at radius 2 is 1.67 bits per heavy atom. The van der Waals surface area contributed by atoms with Gasteiger partial charge in [-0.1, -0.05) is 92.8 Å². The lowest BCUT2D eigenvalue weighted by molar-refractivity contribution is 0.579. The highest BCUT2D eigenvalue weighted by Gasteiger charge is 2.24. The quantitative estimate of drug-likeness (QED) is 0.256. The number of hydrogen-bond donors (Lipinski definition) is 0. The third-order valence-corrected chi connectivity index (χ3v) is 9.97. The third kappa shape index (κ3) is 5.25. The molecule has 1 saturated heterocycles. The fourth-order valence-electron chi connectivity index (χ4n) is 5.03. The average molecular weight is 459 g/mol. The number of unbranched alkanes of at least 4 members (excludes halogenated alkanes) is 2. The van der Waals surface area contributed by atoms with Crippen LogP contribution in [-0.2, 0) is 0 Å². The van der Waals surface area contributed by atoms with Crippen molar-refractivity contribution < 1.29 is 8.78 Å². The maximum atomic E-state index is 15.0. The molecule has 0 saturated carbocycles. The summed E-state index contributed by atoms with van der Waals surface area (Å²) in [6.45, 7) is 2.27. The molecule has 0 aromatic heterocycles. The Bertz CT molecular complexity index is 1140. The van der Waals surface area contributed by atoms with Gasteiger partial charge in [-0.15, -0.1) is 0 Å². The van der Waals surface area contributed by atoms with Crippen LogP contribution in [0.1, 0.15) is 56.1 Å². The Labute approximate surface area is 197 Å². The minimum Gasteiger partial charge on any atom is -0.205 e. The molecular formula is C29H30F2NSi. The van der Waals surface area contributed by atoms with Crippen molar-refractivity contribution in [1.82, 2.24) is 0 Å². The predicted molar refractivity (Wildman–Crippen MR) is 134 cm³/mol. The summed E-state index contributed by atoms with van der Waals surface area (Å²) in [4.78, 5) is 0. The Kier molecular flexibility index (Phi) is 7.72. The Hall–Kier alpha value is -2.77. The minimum absolute atomic E-state index is 0.177. The second-order valence-corrected chi connectivity index (χ2v) is 12.0. The van der Waals surface area contributed by atoms with Gasteiger partial charge >= 0.3 is 0 Å². The summed E-state index contributed by atoms with van der Waals surface area (Å²) in [5, 5.41) is 9.19. The molecule has 0 unspecified atom stereocenters. The molecule has 1 aliphatic heterocycles. The molecule has 0 atom stereocenters. The van der Waals surface area contributed by atoms with Crippen molar-refractivity contribution in [2.45, 2.75) is 63.1 Å². The van der Waals surface area contributed by atoms with E-state index in [9.17, 15) is 14.0 Å². The van der Waals surface area contributed by atoms with Crippen LogP contribution in [0.15, 0.2) is 60.7 Å². The van der Waals surface area contributed by atoms with Gasteiger partial charge in [0.25, 0.3) is 0 Å². The van der Waals surface area contributed by atoms with E-state index in [1.807, 2.05) is 24.3 Å². The number of nitriles is 1. The first-order chi connectivity index (χ1) is 16.1. The molecule has 1 fully saturated rings. The molecular weight excluding hydrogens is 428 g/mol. The van der Waals surface area contributed by atoms with Gasteiger partial charge in [-0.05, 0) is 53.1 Å². The number of halogens is 2. The lowest BCUT2D eigenvalue weighted by Gasteiger charge is -2.28. The van der Waals surface area contributed by atoms with E-state index in [0.717, 1.165) is 11.1 Å². The Balaban J connectivity index is 1.59. The van der Waals surface area contributed by atoms with Gasteiger partial charge in [0, 0.05) is 14.4 Å². The molecule has 0 amide bonds. The summed E-state index contributed by atoms with van der Waals surface area (Å²) in [5.41, 5.74) is 3.68.